The summed E-state index contributed by atoms with van der Waals surface area (Å²) in [5.74, 6) is 1.31. The fraction of sp³-hybridized carbons (Fsp3) is 0.333. The summed E-state index contributed by atoms with van der Waals surface area (Å²) in [5.41, 5.74) is 14.2. The monoisotopic (exact) mass is 266 g/mol. The Hall–Kier alpha value is -1.64. The van der Waals surface area contributed by atoms with E-state index in [-0.39, 0.29) is 0 Å². The van der Waals surface area contributed by atoms with Crippen molar-refractivity contribution in [3.8, 4) is 0 Å². The molecule has 0 radical (unpaired) electrons. The summed E-state index contributed by atoms with van der Waals surface area (Å²) in [7, 11) is 0. The van der Waals surface area contributed by atoms with Gasteiger partial charge in [-0.15, -0.1) is 0 Å². The molecule has 0 saturated heterocycles. The van der Waals surface area contributed by atoms with Gasteiger partial charge in [-0.1, -0.05) is 60.7 Å². The van der Waals surface area contributed by atoms with Gasteiger partial charge >= 0.3 is 0 Å². The highest BCUT2D eigenvalue weighted by molar-refractivity contribution is 5.27. The molecule has 4 N–H and O–H groups in total. The Morgan fingerprint density at radius 3 is 1.15 bits per heavy atom. The quantitative estimate of drug-likeness (QED) is 0.878. The van der Waals surface area contributed by atoms with Gasteiger partial charge in [0.15, 0.2) is 0 Å². The summed E-state index contributed by atoms with van der Waals surface area (Å²) in [5, 5.41) is 0. The van der Waals surface area contributed by atoms with E-state index < -0.39 is 0 Å². The lowest BCUT2D eigenvalue weighted by Crippen LogP contribution is -2.00. The number of hydrogen-bond acceptors (Lipinski definition) is 2. The Morgan fingerprint density at radius 1 is 0.600 bits per heavy atom. The molecule has 4 atom stereocenters. The van der Waals surface area contributed by atoms with E-state index in [0.717, 1.165) is 0 Å². The highest BCUT2D eigenvalue weighted by Gasteiger charge is 2.34. The van der Waals surface area contributed by atoms with E-state index in [0.29, 0.717) is 23.9 Å². The lowest BCUT2D eigenvalue weighted by molar-refractivity contribution is 0.990. The molecule has 0 heterocycles. The van der Waals surface area contributed by atoms with Crippen molar-refractivity contribution in [2.24, 2.45) is 11.5 Å². The van der Waals surface area contributed by atoms with Gasteiger partial charge in [0, 0.05) is 23.9 Å². The van der Waals surface area contributed by atoms with Crippen LogP contribution < -0.4 is 11.5 Å². The fourth-order valence-electron chi connectivity index (χ4n) is 2.60. The van der Waals surface area contributed by atoms with Crippen molar-refractivity contribution in [3.05, 3.63) is 71.8 Å². The highest BCUT2D eigenvalue weighted by Crippen LogP contribution is 2.39. The molecule has 2 heteroatoms. The van der Waals surface area contributed by atoms with E-state index in [1.54, 1.807) is 0 Å². The van der Waals surface area contributed by atoms with Crippen LogP contribution in [0.3, 0.4) is 0 Å². The van der Waals surface area contributed by atoms with E-state index in [2.05, 4.69) is 48.5 Å². The highest BCUT2D eigenvalue weighted by atomic mass is 14.7. The molecule has 0 bridgehead atoms. The molecular weight excluding hydrogens is 244 g/mol. The van der Waals surface area contributed by atoms with Gasteiger partial charge in [-0.25, -0.2) is 0 Å². The first-order valence-corrected chi connectivity index (χ1v) is 7.37. The molecule has 20 heavy (non-hydrogen) atoms. The molecule has 2 aromatic carbocycles. The Balaban J connectivity index is 0.000000121. The number of benzene rings is 2. The molecule has 0 unspecified atom stereocenters. The second kappa shape index (κ2) is 5.78. The van der Waals surface area contributed by atoms with Crippen LogP contribution in [0.25, 0.3) is 0 Å². The zero-order valence-corrected chi connectivity index (χ0v) is 11.7. The molecule has 2 aliphatic carbocycles. The molecule has 2 aliphatic rings. The molecule has 0 spiro atoms. The number of nitrogens with two attached hydrogens (primary N) is 2. The second-order valence-electron chi connectivity index (χ2n) is 5.83. The molecule has 2 aromatic rings. The predicted octanol–water partition coefficient (Wildman–Crippen LogP) is 3.00. The summed E-state index contributed by atoms with van der Waals surface area (Å²) in [6, 6.07) is 21.8. The van der Waals surface area contributed by atoms with Gasteiger partial charge < -0.3 is 11.5 Å². The van der Waals surface area contributed by atoms with Crippen LogP contribution in [0.1, 0.15) is 35.8 Å². The normalized spacial score (nSPS) is 30.1. The zero-order valence-electron chi connectivity index (χ0n) is 11.7. The number of rotatable bonds is 2. The molecule has 4 rings (SSSR count). The van der Waals surface area contributed by atoms with Crippen LogP contribution in [0.4, 0.5) is 0 Å². The maximum atomic E-state index is 5.70. The summed E-state index contributed by atoms with van der Waals surface area (Å²) in [4.78, 5) is 0. The van der Waals surface area contributed by atoms with Crippen molar-refractivity contribution in [2.75, 3.05) is 0 Å². The maximum absolute atomic E-state index is 5.70. The van der Waals surface area contributed by atoms with Crippen molar-refractivity contribution < 1.29 is 0 Å². The fourth-order valence-corrected chi connectivity index (χ4v) is 2.60. The van der Waals surface area contributed by atoms with E-state index in [1.807, 2.05) is 12.1 Å². The first-order valence-electron chi connectivity index (χ1n) is 7.37. The molecular formula is C18H22N2. The minimum atomic E-state index is 0.433. The second-order valence-corrected chi connectivity index (χ2v) is 5.83. The maximum Gasteiger partial charge on any atom is 0.0115 e. The lowest BCUT2D eigenvalue weighted by Gasteiger charge is -1.94. The van der Waals surface area contributed by atoms with Crippen LogP contribution in [0, 0.1) is 0 Å². The van der Waals surface area contributed by atoms with Gasteiger partial charge in [-0.3, -0.25) is 0 Å². The van der Waals surface area contributed by atoms with E-state index in [1.165, 1.54) is 24.0 Å². The summed E-state index contributed by atoms with van der Waals surface area (Å²) < 4.78 is 0. The topological polar surface area (TPSA) is 52.0 Å². The van der Waals surface area contributed by atoms with Crippen LogP contribution >= 0.6 is 0 Å². The lowest BCUT2D eigenvalue weighted by atomic mass is 10.1. The third-order valence-corrected chi connectivity index (χ3v) is 4.14. The Labute approximate surface area is 120 Å². The molecule has 0 amide bonds. The predicted molar refractivity (Wildman–Crippen MR) is 83.6 cm³/mol. The molecule has 0 aromatic heterocycles. The summed E-state index contributed by atoms with van der Waals surface area (Å²) >= 11 is 0. The van der Waals surface area contributed by atoms with Crippen LogP contribution in [0.5, 0.6) is 0 Å². The first-order chi connectivity index (χ1) is 9.75. The van der Waals surface area contributed by atoms with Gasteiger partial charge in [-0.2, -0.15) is 0 Å². The Morgan fingerprint density at radius 2 is 0.900 bits per heavy atom. The minimum Gasteiger partial charge on any atom is -0.327 e. The zero-order chi connectivity index (χ0) is 13.9. The van der Waals surface area contributed by atoms with Gasteiger partial charge in [-0.05, 0) is 24.0 Å². The van der Waals surface area contributed by atoms with Crippen molar-refractivity contribution in [2.45, 2.75) is 36.8 Å². The number of hydrogen-bond donors (Lipinski definition) is 2. The Bertz CT molecular complexity index is 486. The third kappa shape index (κ3) is 3.27. The summed E-state index contributed by atoms with van der Waals surface area (Å²) in [6.07, 6.45) is 2.34. The standard InChI is InChI=1S/2C9H11N/c2*10-9-6-8(9)7-4-2-1-3-5-7/h2*1-5,8-9H,6,10H2/t2*8-,9+/m00/s1. The van der Waals surface area contributed by atoms with E-state index in [4.69, 9.17) is 11.5 Å². The average Bonchev–Trinajstić information content (AvgIpc) is 3.40. The first kappa shape index (κ1) is 13.3. The van der Waals surface area contributed by atoms with Gasteiger partial charge in [0.25, 0.3) is 0 Å². The molecule has 2 nitrogen and oxygen atoms in total. The van der Waals surface area contributed by atoms with Gasteiger partial charge in [0.05, 0.1) is 0 Å². The smallest absolute Gasteiger partial charge is 0.0115 e. The summed E-state index contributed by atoms with van der Waals surface area (Å²) in [6.45, 7) is 0. The van der Waals surface area contributed by atoms with Gasteiger partial charge in [0.1, 0.15) is 0 Å². The minimum absolute atomic E-state index is 0.433. The molecule has 2 fully saturated rings. The SMILES string of the molecule is N[C@@H]1C[C@H]1c1ccccc1.N[C@@H]1C[C@H]1c1ccccc1. The van der Waals surface area contributed by atoms with Crippen LogP contribution in [0.15, 0.2) is 60.7 Å². The third-order valence-electron chi connectivity index (χ3n) is 4.14. The van der Waals surface area contributed by atoms with E-state index in [9.17, 15) is 0 Å². The van der Waals surface area contributed by atoms with Crippen molar-refractivity contribution in [1.82, 2.24) is 0 Å². The van der Waals surface area contributed by atoms with Crippen molar-refractivity contribution in [3.63, 3.8) is 0 Å². The van der Waals surface area contributed by atoms with Gasteiger partial charge in [0.2, 0.25) is 0 Å². The van der Waals surface area contributed by atoms with Crippen LogP contribution in [-0.2, 0) is 0 Å². The van der Waals surface area contributed by atoms with Crippen molar-refractivity contribution >= 4 is 0 Å². The molecule has 2 saturated carbocycles. The molecule has 0 aliphatic heterocycles. The van der Waals surface area contributed by atoms with Crippen molar-refractivity contribution in [1.29, 1.82) is 0 Å². The van der Waals surface area contributed by atoms with E-state index >= 15 is 0 Å². The largest absolute Gasteiger partial charge is 0.327 e. The van der Waals surface area contributed by atoms with Crippen LogP contribution in [-0.4, -0.2) is 12.1 Å². The molecule has 104 valence electrons. The average molecular weight is 266 g/mol. The van der Waals surface area contributed by atoms with Crippen LogP contribution in [0.2, 0.25) is 0 Å². The Kier molecular flexibility index (Phi) is 3.86.